The number of halogens is 3. The molecule has 2 rings (SSSR count). The van der Waals surface area contributed by atoms with Crippen LogP contribution in [0.5, 0.6) is 5.75 Å². The van der Waals surface area contributed by atoms with Crippen LogP contribution in [0.3, 0.4) is 0 Å². The normalized spacial score (nSPS) is 12.4. The molecule has 0 bridgehead atoms. The van der Waals surface area contributed by atoms with Crippen molar-refractivity contribution >= 4 is 15.9 Å². The Morgan fingerprint density at radius 3 is 2.42 bits per heavy atom. The zero-order valence-corrected chi connectivity index (χ0v) is 11.7. The van der Waals surface area contributed by atoms with Crippen molar-refractivity contribution < 1.29 is 13.5 Å². The standard InChI is InChI=1S/C15H13BrF2O/c16-14(9-11-5-2-1-3-6-11)12-7-4-8-13(10-12)19-15(17)18/h1-8,10,14-15H,9H2. The number of rotatable bonds is 5. The van der Waals surface area contributed by atoms with Crippen LogP contribution in [-0.4, -0.2) is 6.61 Å². The van der Waals surface area contributed by atoms with Crippen molar-refractivity contribution in [2.24, 2.45) is 0 Å². The van der Waals surface area contributed by atoms with E-state index in [9.17, 15) is 8.78 Å². The number of hydrogen-bond acceptors (Lipinski definition) is 1. The predicted molar refractivity (Wildman–Crippen MR) is 74.9 cm³/mol. The summed E-state index contributed by atoms with van der Waals surface area (Å²) in [7, 11) is 0. The highest BCUT2D eigenvalue weighted by molar-refractivity contribution is 9.09. The van der Waals surface area contributed by atoms with Gasteiger partial charge in [0, 0.05) is 4.83 Å². The lowest BCUT2D eigenvalue weighted by molar-refractivity contribution is -0.0498. The highest BCUT2D eigenvalue weighted by Gasteiger charge is 2.11. The van der Waals surface area contributed by atoms with Gasteiger partial charge in [-0.3, -0.25) is 0 Å². The van der Waals surface area contributed by atoms with E-state index in [1.54, 1.807) is 12.1 Å². The van der Waals surface area contributed by atoms with E-state index in [4.69, 9.17) is 0 Å². The molecule has 0 N–H and O–H groups in total. The fourth-order valence-electron chi connectivity index (χ4n) is 1.82. The molecule has 0 radical (unpaired) electrons. The van der Waals surface area contributed by atoms with E-state index in [1.165, 1.54) is 11.6 Å². The molecule has 0 spiro atoms. The molecule has 100 valence electrons. The van der Waals surface area contributed by atoms with E-state index in [-0.39, 0.29) is 10.6 Å². The van der Waals surface area contributed by atoms with Crippen LogP contribution < -0.4 is 4.74 Å². The Kier molecular flexibility index (Phi) is 4.91. The summed E-state index contributed by atoms with van der Waals surface area (Å²) in [6.45, 7) is -2.79. The van der Waals surface area contributed by atoms with Gasteiger partial charge in [0.05, 0.1) is 0 Å². The molecule has 2 aromatic rings. The lowest BCUT2D eigenvalue weighted by atomic mass is 10.0. The maximum Gasteiger partial charge on any atom is 0.387 e. The Hall–Kier alpha value is -1.42. The average molecular weight is 327 g/mol. The van der Waals surface area contributed by atoms with Gasteiger partial charge in [-0.2, -0.15) is 8.78 Å². The minimum absolute atomic E-state index is 0.0659. The third-order valence-electron chi connectivity index (χ3n) is 2.70. The molecule has 1 nitrogen and oxygen atoms in total. The van der Waals surface area contributed by atoms with Gasteiger partial charge in [-0.15, -0.1) is 0 Å². The molecular formula is C15H13BrF2O. The first kappa shape index (κ1) is 14.0. The summed E-state index contributed by atoms with van der Waals surface area (Å²) in [4.78, 5) is 0.0659. The lowest BCUT2D eigenvalue weighted by Gasteiger charge is -2.12. The smallest absolute Gasteiger partial charge is 0.387 e. The van der Waals surface area contributed by atoms with Crippen LogP contribution in [0.4, 0.5) is 8.78 Å². The molecule has 2 aromatic carbocycles. The Balaban J connectivity index is 2.08. The summed E-state index contributed by atoms with van der Waals surface area (Å²) in [6.07, 6.45) is 0.791. The maximum atomic E-state index is 12.2. The number of ether oxygens (including phenoxy) is 1. The van der Waals surface area contributed by atoms with Crippen LogP contribution in [0.1, 0.15) is 16.0 Å². The minimum atomic E-state index is -2.79. The van der Waals surface area contributed by atoms with E-state index in [2.05, 4.69) is 20.7 Å². The van der Waals surface area contributed by atoms with Crippen LogP contribution in [0.25, 0.3) is 0 Å². The van der Waals surface area contributed by atoms with Gasteiger partial charge in [-0.1, -0.05) is 58.4 Å². The zero-order chi connectivity index (χ0) is 13.7. The van der Waals surface area contributed by atoms with Gasteiger partial charge in [0.1, 0.15) is 5.75 Å². The molecule has 0 aliphatic carbocycles. The molecule has 1 atom stereocenters. The largest absolute Gasteiger partial charge is 0.435 e. The Labute approximate surface area is 119 Å². The Bertz CT molecular complexity index is 517. The fraction of sp³-hybridized carbons (Fsp3) is 0.200. The molecule has 0 aliphatic heterocycles. The van der Waals surface area contributed by atoms with Gasteiger partial charge in [0.2, 0.25) is 0 Å². The minimum Gasteiger partial charge on any atom is -0.435 e. The van der Waals surface area contributed by atoms with Gasteiger partial charge in [-0.25, -0.2) is 0 Å². The van der Waals surface area contributed by atoms with Crippen molar-refractivity contribution in [3.63, 3.8) is 0 Å². The molecule has 0 saturated carbocycles. The van der Waals surface area contributed by atoms with Crippen LogP contribution in [0.2, 0.25) is 0 Å². The van der Waals surface area contributed by atoms with Crippen LogP contribution in [0, 0.1) is 0 Å². The fourth-order valence-corrected chi connectivity index (χ4v) is 2.48. The first-order chi connectivity index (χ1) is 9.15. The monoisotopic (exact) mass is 326 g/mol. The van der Waals surface area contributed by atoms with E-state index in [0.717, 1.165) is 12.0 Å². The molecule has 0 aliphatic rings. The first-order valence-electron chi connectivity index (χ1n) is 5.88. The summed E-state index contributed by atoms with van der Waals surface area (Å²) >= 11 is 3.58. The number of benzene rings is 2. The van der Waals surface area contributed by atoms with Gasteiger partial charge >= 0.3 is 6.61 Å². The lowest BCUT2D eigenvalue weighted by Crippen LogP contribution is -2.03. The highest BCUT2D eigenvalue weighted by Crippen LogP contribution is 2.29. The van der Waals surface area contributed by atoms with E-state index in [0.29, 0.717) is 0 Å². The van der Waals surface area contributed by atoms with Crippen molar-refractivity contribution in [2.45, 2.75) is 17.9 Å². The molecule has 0 aromatic heterocycles. The summed E-state index contributed by atoms with van der Waals surface area (Å²) < 4.78 is 28.7. The van der Waals surface area contributed by atoms with Crippen LogP contribution in [-0.2, 0) is 6.42 Å². The van der Waals surface area contributed by atoms with Gasteiger partial charge in [0.25, 0.3) is 0 Å². The van der Waals surface area contributed by atoms with Crippen molar-refractivity contribution in [2.75, 3.05) is 0 Å². The summed E-state index contributed by atoms with van der Waals surface area (Å²) in [5.74, 6) is 0.185. The van der Waals surface area contributed by atoms with Crippen LogP contribution >= 0.6 is 15.9 Å². The van der Waals surface area contributed by atoms with Crippen molar-refractivity contribution in [3.8, 4) is 5.75 Å². The average Bonchev–Trinajstić information content (AvgIpc) is 2.39. The molecule has 0 fully saturated rings. The highest BCUT2D eigenvalue weighted by atomic mass is 79.9. The zero-order valence-electron chi connectivity index (χ0n) is 10.1. The van der Waals surface area contributed by atoms with E-state index in [1.807, 2.05) is 36.4 Å². The second-order valence-corrected chi connectivity index (χ2v) is 5.21. The first-order valence-corrected chi connectivity index (χ1v) is 6.79. The Morgan fingerprint density at radius 2 is 1.74 bits per heavy atom. The molecule has 0 saturated heterocycles. The molecule has 4 heteroatoms. The van der Waals surface area contributed by atoms with Gasteiger partial charge in [0.15, 0.2) is 0 Å². The summed E-state index contributed by atoms with van der Waals surface area (Å²) in [6, 6.07) is 16.8. The third-order valence-corrected chi connectivity index (χ3v) is 3.56. The van der Waals surface area contributed by atoms with Crippen molar-refractivity contribution in [1.82, 2.24) is 0 Å². The Morgan fingerprint density at radius 1 is 1.00 bits per heavy atom. The second-order valence-electron chi connectivity index (χ2n) is 4.11. The topological polar surface area (TPSA) is 9.23 Å². The molecular weight excluding hydrogens is 314 g/mol. The van der Waals surface area contributed by atoms with E-state index >= 15 is 0 Å². The third kappa shape index (κ3) is 4.31. The summed E-state index contributed by atoms with van der Waals surface area (Å²) in [5, 5.41) is 0. The molecule has 19 heavy (non-hydrogen) atoms. The predicted octanol–water partition coefficient (Wildman–Crippen LogP) is 4.97. The summed E-state index contributed by atoms with van der Waals surface area (Å²) in [5.41, 5.74) is 2.10. The second kappa shape index (κ2) is 6.66. The van der Waals surface area contributed by atoms with E-state index < -0.39 is 6.61 Å². The van der Waals surface area contributed by atoms with Crippen LogP contribution in [0.15, 0.2) is 54.6 Å². The molecule has 0 heterocycles. The number of hydrogen-bond donors (Lipinski definition) is 0. The quantitative estimate of drug-likeness (QED) is 0.705. The maximum absolute atomic E-state index is 12.2. The number of alkyl halides is 3. The van der Waals surface area contributed by atoms with Crippen molar-refractivity contribution in [1.29, 1.82) is 0 Å². The van der Waals surface area contributed by atoms with Gasteiger partial charge in [-0.05, 0) is 29.7 Å². The molecule has 1 unspecified atom stereocenters. The SMILES string of the molecule is FC(F)Oc1cccc(C(Br)Cc2ccccc2)c1. The molecule has 0 amide bonds. The van der Waals surface area contributed by atoms with Crippen molar-refractivity contribution in [3.05, 3.63) is 65.7 Å². The van der Waals surface area contributed by atoms with Gasteiger partial charge < -0.3 is 4.74 Å².